The smallest absolute Gasteiger partial charge is 0.108 e. The molecule has 13 heavy (non-hydrogen) atoms. The fourth-order valence-electron chi connectivity index (χ4n) is 1.17. The third-order valence-corrected chi connectivity index (χ3v) is 5.06. The predicted octanol–water partition coefficient (Wildman–Crippen LogP) is 3.57. The van der Waals surface area contributed by atoms with Crippen LogP contribution in [-0.4, -0.2) is 16.8 Å². The highest BCUT2D eigenvalue weighted by atomic mass is 127. The Morgan fingerprint density at radius 1 is 1.69 bits per heavy atom. The lowest BCUT2D eigenvalue weighted by Crippen LogP contribution is -1.92. The molecule has 1 aliphatic heterocycles. The number of thiophene rings is 1. The van der Waals surface area contributed by atoms with Crippen molar-refractivity contribution in [3.05, 3.63) is 21.9 Å². The van der Waals surface area contributed by atoms with Crippen LogP contribution >= 0.6 is 45.7 Å². The van der Waals surface area contributed by atoms with E-state index >= 15 is 0 Å². The molecule has 4 heteroatoms. The minimum atomic E-state index is 0.505. The molecule has 0 aromatic carbocycles. The van der Waals surface area contributed by atoms with Crippen molar-refractivity contribution in [2.45, 2.75) is 17.4 Å². The number of nitrogens with zero attached hydrogens (tertiary/aromatic N) is 1. The Balaban J connectivity index is 2.21. The molecule has 0 saturated heterocycles. The van der Waals surface area contributed by atoms with Crippen molar-refractivity contribution in [3.8, 4) is 0 Å². The molecular weight excluding hydrogens is 313 g/mol. The first-order chi connectivity index (χ1) is 6.29. The highest BCUT2D eigenvalue weighted by molar-refractivity contribution is 14.1. The maximum Gasteiger partial charge on any atom is 0.108 e. The van der Waals surface area contributed by atoms with Crippen molar-refractivity contribution >= 4 is 50.7 Å². The van der Waals surface area contributed by atoms with Gasteiger partial charge in [0.15, 0.2) is 0 Å². The summed E-state index contributed by atoms with van der Waals surface area (Å²) in [6, 6.07) is 2.77. The van der Waals surface area contributed by atoms with Gasteiger partial charge in [0.1, 0.15) is 5.04 Å². The lowest BCUT2D eigenvalue weighted by atomic mass is 10.3. The van der Waals surface area contributed by atoms with Gasteiger partial charge in [0, 0.05) is 10.2 Å². The largest absolute Gasteiger partial charge is 0.273 e. The minimum Gasteiger partial charge on any atom is -0.273 e. The highest BCUT2D eigenvalue weighted by Gasteiger charge is 2.16. The molecule has 0 N–H and O–H groups in total. The van der Waals surface area contributed by atoms with Crippen molar-refractivity contribution in [2.24, 2.45) is 4.99 Å². The van der Waals surface area contributed by atoms with Crippen LogP contribution in [0.3, 0.4) is 0 Å². The second kappa shape index (κ2) is 4.31. The number of aliphatic imine (C=N–C) groups is 1. The van der Waals surface area contributed by atoms with E-state index in [1.807, 2.05) is 23.1 Å². The molecule has 0 unspecified atom stereocenters. The Kier molecular flexibility index (Phi) is 3.31. The quantitative estimate of drug-likeness (QED) is 0.599. The Morgan fingerprint density at radius 2 is 2.54 bits per heavy atom. The molecule has 1 aromatic heterocycles. The molecule has 2 heterocycles. The summed E-state index contributed by atoms with van der Waals surface area (Å²) in [7, 11) is 0. The first-order valence-corrected chi connectivity index (χ1v) is 7.53. The van der Waals surface area contributed by atoms with Crippen LogP contribution in [0, 0.1) is 0 Å². The zero-order valence-electron chi connectivity index (χ0n) is 7.29. The van der Waals surface area contributed by atoms with Gasteiger partial charge in [-0.1, -0.05) is 22.6 Å². The second-order valence-corrected chi connectivity index (χ2v) is 5.73. The van der Waals surface area contributed by atoms with Crippen LogP contribution in [0.2, 0.25) is 0 Å². The van der Waals surface area contributed by atoms with E-state index in [4.69, 9.17) is 0 Å². The predicted molar refractivity (Wildman–Crippen MR) is 70.5 cm³/mol. The molecule has 2 rings (SSSR count). The van der Waals surface area contributed by atoms with E-state index in [9.17, 15) is 0 Å². The average Bonchev–Trinajstić information content (AvgIpc) is 2.71. The van der Waals surface area contributed by atoms with E-state index in [0.717, 1.165) is 10.2 Å². The average molecular weight is 323 g/mol. The zero-order valence-corrected chi connectivity index (χ0v) is 11.1. The normalized spacial score (nSPS) is 22.0. The molecule has 1 aromatic rings. The summed E-state index contributed by atoms with van der Waals surface area (Å²) in [6.45, 7) is 2.17. The third kappa shape index (κ3) is 2.27. The van der Waals surface area contributed by atoms with Crippen LogP contribution in [0.15, 0.2) is 16.4 Å². The van der Waals surface area contributed by atoms with E-state index in [1.54, 1.807) is 0 Å². The molecule has 1 nitrogen and oxygen atoms in total. The molecule has 1 atom stereocenters. The molecule has 0 radical (unpaired) electrons. The summed E-state index contributed by atoms with van der Waals surface area (Å²) in [5.74, 6) is 1.15. The molecule has 0 amide bonds. The maximum atomic E-state index is 4.59. The summed E-state index contributed by atoms with van der Waals surface area (Å²) in [5, 5.41) is 3.47. The van der Waals surface area contributed by atoms with Crippen LogP contribution in [0.25, 0.3) is 0 Å². The summed E-state index contributed by atoms with van der Waals surface area (Å²) in [4.78, 5) is 5.94. The van der Waals surface area contributed by atoms with Crippen molar-refractivity contribution in [1.29, 1.82) is 0 Å². The van der Waals surface area contributed by atoms with Gasteiger partial charge in [-0.05, 0) is 23.9 Å². The summed E-state index contributed by atoms with van der Waals surface area (Å²) < 4.78 is 1.10. The Labute approximate surface area is 100 Å². The molecule has 0 bridgehead atoms. The fraction of sp³-hybridized carbons (Fsp3) is 0.444. The minimum absolute atomic E-state index is 0.505. The van der Waals surface area contributed by atoms with Gasteiger partial charge in [0.05, 0.1) is 10.9 Å². The SMILES string of the molecule is C[C@@H]1CSC(c2cc(CI)cs2)=N1. The number of thioether (sulfide) groups is 1. The van der Waals surface area contributed by atoms with Gasteiger partial charge < -0.3 is 0 Å². The van der Waals surface area contributed by atoms with Crippen LogP contribution in [0.1, 0.15) is 17.4 Å². The van der Waals surface area contributed by atoms with Crippen molar-refractivity contribution < 1.29 is 0 Å². The van der Waals surface area contributed by atoms with Gasteiger partial charge in [0.2, 0.25) is 0 Å². The van der Waals surface area contributed by atoms with Crippen LogP contribution in [-0.2, 0) is 4.43 Å². The van der Waals surface area contributed by atoms with E-state index in [2.05, 4.69) is 46.0 Å². The van der Waals surface area contributed by atoms with E-state index in [0.29, 0.717) is 6.04 Å². The van der Waals surface area contributed by atoms with Gasteiger partial charge in [-0.15, -0.1) is 23.1 Å². The molecule has 0 aliphatic carbocycles. The summed E-state index contributed by atoms with van der Waals surface area (Å²) in [5.41, 5.74) is 1.42. The van der Waals surface area contributed by atoms with Crippen molar-refractivity contribution in [2.75, 3.05) is 5.75 Å². The number of alkyl halides is 1. The first kappa shape index (κ1) is 9.98. The summed E-state index contributed by atoms with van der Waals surface area (Å²) >= 11 is 6.10. The lowest BCUT2D eigenvalue weighted by molar-refractivity contribution is 0.866. The molecule has 0 fully saturated rings. The monoisotopic (exact) mass is 323 g/mol. The second-order valence-electron chi connectivity index (χ2n) is 3.05. The Bertz CT molecular complexity index is 332. The van der Waals surface area contributed by atoms with Crippen molar-refractivity contribution in [3.63, 3.8) is 0 Å². The van der Waals surface area contributed by atoms with Crippen molar-refractivity contribution in [1.82, 2.24) is 0 Å². The standard InChI is InChI=1S/C9H10INS2/c1-6-4-13-9(11-6)8-2-7(3-10)5-12-8/h2,5-6H,3-4H2,1H3/t6-/m1/s1. The Hall–Kier alpha value is 0.450. The lowest BCUT2D eigenvalue weighted by Gasteiger charge is -1.91. The van der Waals surface area contributed by atoms with E-state index < -0.39 is 0 Å². The molecule has 0 spiro atoms. The fourth-order valence-corrected chi connectivity index (χ4v) is 3.96. The first-order valence-electron chi connectivity index (χ1n) is 4.14. The third-order valence-electron chi connectivity index (χ3n) is 1.82. The van der Waals surface area contributed by atoms with Gasteiger partial charge in [0.25, 0.3) is 0 Å². The van der Waals surface area contributed by atoms with Crippen LogP contribution < -0.4 is 0 Å². The Morgan fingerprint density at radius 3 is 3.08 bits per heavy atom. The number of halogens is 1. The topological polar surface area (TPSA) is 12.4 Å². The molecule has 70 valence electrons. The van der Waals surface area contributed by atoms with Gasteiger partial charge in [-0.3, -0.25) is 4.99 Å². The number of hydrogen-bond acceptors (Lipinski definition) is 3. The molecular formula is C9H10INS2. The van der Waals surface area contributed by atoms with Crippen LogP contribution in [0.4, 0.5) is 0 Å². The number of rotatable bonds is 2. The molecule has 0 saturated carbocycles. The van der Waals surface area contributed by atoms with Crippen LogP contribution in [0.5, 0.6) is 0 Å². The number of hydrogen-bond donors (Lipinski definition) is 0. The molecule has 1 aliphatic rings. The zero-order chi connectivity index (χ0) is 9.26. The van der Waals surface area contributed by atoms with Gasteiger partial charge in [-0.25, -0.2) is 0 Å². The van der Waals surface area contributed by atoms with Gasteiger partial charge in [-0.2, -0.15) is 0 Å². The van der Waals surface area contributed by atoms with E-state index in [1.165, 1.54) is 15.5 Å². The van der Waals surface area contributed by atoms with E-state index in [-0.39, 0.29) is 0 Å². The maximum absolute atomic E-state index is 4.59. The highest BCUT2D eigenvalue weighted by Crippen LogP contribution is 2.27. The van der Waals surface area contributed by atoms with Gasteiger partial charge >= 0.3 is 0 Å². The summed E-state index contributed by atoms with van der Waals surface area (Å²) in [6.07, 6.45) is 0.